The second kappa shape index (κ2) is 5.81. The summed E-state index contributed by atoms with van der Waals surface area (Å²) in [5, 5.41) is 0. The smallest absolute Gasteiger partial charge is 0.123 e. The molecule has 100 valence electrons. The Labute approximate surface area is 109 Å². The molecule has 0 aromatic heterocycles. The van der Waals surface area contributed by atoms with Crippen molar-refractivity contribution in [2.24, 2.45) is 5.73 Å². The number of rotatable bonds is 3. The molecule has 1 saturated heterocycles. The number of nitrogens with zero attached hydrogens (tertiary/aromatic N) is 1. The van der Waals surface area contributed by atoms with E-state index < -0.39 is 0 Å². The van der Waals surface area contributed by atoms with Crippen molar-refractivity contribution in [1.29, 1.82) is 0 Å². The van der Waals surface area contributed by atoms with Crippen LogP contribution in [0, 0.1) is 5.82 Å². The maximum atomic E-state index is 12.9. The van der Waals surface area contributed by atoms with Crippen LogP contribution >= 0.6 is 0 Å². The Kier molecular flexibility index (Phi) is 4.36. The maximum absolute atomic E-state index is 12.9. The number of halogens is 1. The van der Waals surface area contributed by atoms with Gasteiger partial charge in [-0.15, -0.1) is 0 Å². The fraction of sp³-hybridized carbons (Fsp3) is 0.600. The second-order valence-corrected chi connectivity index (χ2v) is 5.56. The number of nitrogens with two attached hydrogens (primary N) is 1. The van der Waals surface area contributed by atoms with E-state index in [4.69, 9.17) is 5.73 Å². The molecule has 1 aliphatic rings. The lowest BCUT2D eigenvalue weighted by atomic mass is 10.00. The summed E-state index contributed by atoms with van der Waals surface area (Å²) >= 11 is 0. The Morgan fingerprint density at radius 2 is 1.67 bits per heavy atom. The Morgan fingerprint density at radius 1 is 1.11 bits per heavy atom. The molecule has 0 aliphatic carbocycles. The standard InChI is InChI=1S/C15H23FN2/c1-15(17,18-10-4-2-3-5-11-18)12-13-6-8-14(16)9-7-13/h6-9H,2-5,10-12,17H2,1H3. The summed E-state index contributed by atoms with van der Waals surface area (Å²) < 4.78 is 12.9. The molecule has 1 heterocycles. The molecular weight excluding hydrogens is 227 g/mol. The third kappa shape index (κ3) is 3.53. The van der Waals surface area contributed by atoms with Crippen molar-refractivity contribution < 1.29 is 4.39 Å². The summed E-state index contributed by atoms with van der Waals surface area (Å²) in [6.45, 7) is 4.24. The minimum absolute atomic E-state index is 0.188. The first-order valence-electron chi connectivity index (χ1n) is 6.86. The predicted molar refractivity (Wildman–Crippen MR) is 72.7 cm³/mol. The SMILES string of the molecule is CC(N)(Cc1ccc(F)cc1)N1CCCCCC1. The Balaban J connectivity index is 2.02. The minimum atomic E-state index is -0.331. The Bertz CT molecular complexity index is 365. The zero-order valence-electron chi connectivity index (χ0n) is 11.2. The van der Waals surface area contributed by atoms with Gasteiger partial charge in [0.1, 0.15) is 5.82 Å². The fourth-order valence-corrected chi connectivity index (χ4v) is 2.71. The van der Waals surface area contributed by atoms with Crippen LogP contribution in [-0.4, -0.2) is 23.7 Å². The topological polar surface area (TPSA) is 29.3 Å². The fourth-order valence-electron chi connectivity index (χ4n) is 2.71. The van der Waals surface area contributed by atoms with Crippen LogP contribution in [0.5, 0.6) is 0 Å². The summed E-state index contributed by atoms with van der Waals surface area (Å²) in [7, 11) is 0. The van der Waals surface area contributed by atoms with Crippen LogP contribution in [-0.2, 0) is 6.42 Å². The Hall–Kier alpha value is -0.930. The van der Waals surface area contributed by atoms with Crippen LogP contribution < -0.4 is 5.73 Å². The van der Waals surface area contributed by atoms with E-state index in [1.165, 1.54) is 37.8 Å². The monoisotopic (exact) mass is 250 g/mol. The van der Waals surface area contributed by atoms with E-state index in [1.54, 1.807) is 0 Å². The van der Waals surface area contributed by atoms with Crippen molar-refractivity contribution >= 4 is 0 Å². The van der Waals surface area contributed by atoms with Crippen molar-refractivity contribution in [3.63, 3.8) is 0 Å². The van der Waals surface area contributed by atoms with Crippen molar-refractivity contribution in [2.45, 2.75) is 44.7 Å². The molecule has 0 saturated carbocycles. The quantitative estimate of drug-likeness (QED) is 0.893. The van der Waals surface area contributed by atoms with E-state index in [0.29, 0.717) is 0 Å². The van der Waals surface area contributed by atoms with Gasteiger partial charge in [-0.3, -0.25) is 4.90 Å². The van der Waals surface area contributed by atoms with Gasteiger partial charge in [-0.2, -0.15) is 0 Å². The van der Waals surface area contributed by atoms with Crippen molar-refractivity contribution in [1.82, 2.24) is 4.90 Å². The lowest BCUT2D eigenvalue weighted by molar-refractivity contribution is 0.113. The van der Waals surface area contributed by atoms with Crippen molar-refractivity contribution in [3.8, 4) is 0 Å². The molecule has 2 nitrogen and oxygen atoms in total. The van der Waals surface area contributed by atoms with Crippen LogP contribution in [0.15, 0.2) is 24.3 Å². The van der Waals surface area contributed by atoms with Gasteiger partial charge in [0.2, 0.25) is 0 Å². The minimum Gasteiger partial charge on any atom is -0.313 e. The first kappa shape index (κ1) is 13.5. The molecule has 0 spiro atoms. The average Bonchev–Trinajstić information content (AvgIpc) is 2.61. The lowest BCUT2D eigenvalue weighted by Crippen LogP contribution is -2.55. The van der Waals surface area contributed by atoms with Crippen molar-refractivity contribution in [3.05, 3.63) is 35.6 Å². The van der Waals surface area contributed by atoms with Gasteiger partial charge in [0, 0.05) is 6.42 Å². The van der Waals surface area contributed by atoms with Crippen LogP contribution in [0.3, 0.4) is 0 Å². The molecule has 0 radical (unpaired) electrons. The Morgan fingerprint density at radius 3 is 2.22 bits per heavy atom. The summed E-state index contributed by atoms with van der Waals surface area (Å²) in [5.41, 5.74) is 7.23. The van der Waals surface area contributed by atoms with E-state index in [-0.39, 0.29) is 11.5 Å². The van der Waals surface area contributed by atoms with Gasteiger partial charge in [0.05, 0.1) is 5.66 Å². The van der Waals surface area contributed by atoms with Gasteiger partial charge in [0.25, 0.3) is 0 Å². The third-order valence-corrected chi connectivity index (χ3v) is 3.80. The summed E-state index contributed by atoms with van der Waals surface area (Å²) in [5.74, 6) is -0.188. The van der Waals surface area contributed by atoms with E-state index in [0.717, 1.165) is 25.1 Å². The number of likely N-dealkylation sites (tertiary alicyclic amines) is 1. The zero-order chi connectivity index (χ0) is 13.0. The van der Waals surface area contributed by atoms with Gasteiger partial charge in [-0.1, -0.05) is 25.0 Å². The van der Waals surface area contributed by atoms with Crippen LogP contribution in [0.2, 0.25) is 0 Å². The summed E-state index contributed by atoms with van der Waals surface area (Å²) in [6.07, 6.45) is 5.85. The molecule has 1 unspecified atom stereocenters. The zero-order valence-corrected chi connectivity index (χ0v) is 11.2. The molecular formula is C15H23FN2. The highest BCUT2D eigenvalue weighted by molar-refractivity contribution is 5.18. The first-order valence-corrected chi connectivity index (χ1v) is 6.86. The normalized spacial score (nSPS) is 21.3. The first-order chi connectivity index (χ1) is 8.58. The van der Waals surface area contributed by atoms with E-state index in [2.05, 4.69) is 11.8 Å². The molecule has 1 aromatic rings. The molecule has 2 rings (SSSR count). The van der Waals surface area contributed by atoms with E-state index in [9.17, 15) is 4.39 Å². The van der Waals surface area contributed by atoms with Gasteiger partial charge >= 0.3 is 0 Å². The van der Waals surface area contributed by atoms with Gasteiger partial charge in [-0.05, 0) is 50.6 Å². The molecule has 1 atom stereocenters. The van der Waals surface area contributed by atoms with Gasteiger partial charge < -0.3 is 5.73 Å². The molecule has 0 amide bonds. The summed E-state index contributed by atoms with van der Waals surface area (Å²) in [4.78, 5) is 2.38. The molecule has 1 fully saturated rings. The lowest BCUT2D eigenvalue weighted by Gasteiger charge is -2.38. The number of benzene rings is 1. The van der Waals surface area contributed by atoms with E-state index >= 15 is 0 Å². The van der Waals surface area contributed by atoms with Crippen LogP contribution in [0.4, 0.5) is 4.39 Å². The van der Waals surface area contributed by atoms with Gasteiger partial charge in [-0.25, -0.2) is 4.39 Å². The molecule has 1 aromatic carbocycles. The average molecular weight is 250 g/mol. The molecule has 0 bridgehead atoms. The predicted octanol–water partition coefficient (Wildman–Crippen LogP) is 2.92. The highest BCUT2D eigenvalue weighted by Crippen LogP contribution is 2.20. The summed E-state index contributed by atoms with van der Waals surface area (Å²) in [6, 6.07) is 6.68. The molecule has 2 N–H and O–H groups in total. The third-order valence-electron chi connectivity index (χ3n) is 3.80. The molecule has 18 heavy (non-hydrogen) atoms. The molecule has 3 heteroatoms. The van der Waals surface area contributed by atoms with Crippen molar-refractivity contribution in [2.75, 3.05) is 13.1 Å². The number of hydrogen-bond acceptors (Lipinski definition) is 2. The highest BCUT2D eigenvalue weighted by Gasteiger charge is 2.27. The van der Waals surface area contributed by atoms with E-state index in [1.807, 2.05) is 12.1 Å². The second-order valence-electron chi connectivity index (χ2n) is 5.56. The maximum Gasteiger partial charge on any atom is 0.123 e. The number of hydrogen-bond donors (Lipinski definition) is 1. The largest absolute Gasteiger partial charge is 0.313 e. The van der Waals surface area contributed by atoms with Gasteiger partial charge in [0.15, 0.2) is 0 Å². The molecule has 1 aliphatic heterocycles. The van der Waals surface area contributed by atoms with Crippen LogP contribution in [0.25, 0.3) is 0 Å². The highest BCUT2D eigenvalue weighted by atomic mass is 19.1. The van der Waals surface area contributed by atoms with Crippen LogP contribution in [0.1, 0.15) is 38.2 Å².